The van der Waals surface area contributed by atoms with E-state index < -0.39 is 6.04 Å². The van der Waals surface area contributed by atoms with Gasteiger partial charge in [0.1, 0.15) is 11.8 Å². The predicted octanol–water partition coefficient (Wildman–Crippen LogP) is 6.24. The smallest absolute Gasteiger partial charge is 0.258 e. The van der Waals surface area contributed by atoms with Crippen molar-refractivity contribution in [1.29, 1.82) is 5.26 Å². The standard InChI is InChI=1S/C33H34ClFN8O/c1-32(2,3)17-38-26-19(15-36)16-37-27-24(26)10-20(11-25(27)34)39-28(22-6-5-7-23-21(22)8-9-42(4)31(23)44)29-30(35)43(41-40-29)33-12-18(13-33)14-33/h5-11,16,18,28,39-41H,12-14,17H2,1-4H3,(H,37,38)/t18?,28-,33?/m0/s1. The van der Waals surface area contributed by atoms with Gasteiger partial charge in [-0.1, -0.05) is 44.5 Å². The van der Waals surface area contributed by atoms with E-state index in [2.05, 4.69) is 53.4 Å². The molecule has 0 spiro atoms. The molecule has 0 unspecified atom stereocenters. The van der Waals surface area contributed by atoms with Crippen molar-refractivity contribution in [2.24, 2.45) is 18.4 Å². The lowest BCUT2D eigenvalue weighted by atomic mass is 9.49. The first-order valence-electron chi connectivity index (χ1n) is 14.8. The molecule has 3 saturated carbocycles. The monoisotopic (exact) mass is 612 g/mol. The van der Waals surface area contributed by atoms with Crippen molar-refractivity contribution in [2.75, 3.05) is 17.2 Å². The summed E-state index contributed by atoms with van der Waals surface area (Å²) in [5, 5.41) is 20.8. The predicted molar refractivity (Wildman–Crippen MR) is 171 cm³/mol. The molecule has 4 aromatic rings. The van der Waals surface area contributed by atoms with E-state index in [-0.39, 0.29) is 22.5 Å². The molecular weight excluding hydrogens is 579 g/mol. The maximum Gasteiger partial charge on any atom is 0.258 e. The van der Waals surface area contributed by atoms with E-state index in [0.717, 1.165) is 24.8 Å². The molecule has 3 heterocycles. The fourth-order valence-electron chi connectivity index (χ4n) is 6.66. The van der Waals surface area contributed by atoms with Gasteiger partial charge in [0.05, 0.1) is 33.4 Å². The zero-order chi connectivity index (χ0) is 31.0. The lowest BCUT2D eigenvalue weighted by molar-refractivity contribution is -0.155. The highest BCUT2D eigenvalue weighted by Crippen LogP contribution is 2.61. The Morgan fingerprint density at radius 3 is 2.66 bits per heavy atom. The van der Waals surface area contributed by atoms with E-state index in [1.54, 1.807) is 30.4 Å². The minimum atomic E-state index is -0.720. The number of aromatic nitrogens is 2. The van der Waals surface area contributed by atoms with Crippen molar-refractivity contribution in [1.82, 2.24) is 25.5 Å². The maximum atomic E-state index is 16.4. The molecule has 1 atom stereocenters. The third-order valence-electron chi connectivity index (χ3n) is 9.11. The third-order valence-corrected chi connectivity index (χ3v) is 9.40. The Labute approximate surface area is 259 Å². The Balaban J connectivity index is 1.37. The van der Waals surface area contributed by atoms with Crippen LogP contribution >= 0.6 is 11.6 Å². The zero-order valence-corrected chi connectivity index (χ0v) is 25.8. The van der Waals surface area contributed by atoms with Crippen molar-refractivity contribution in [3.05, 3.63) is 86.9 Å². The molecule has 3 fully saturated rings. The average Bonchev–Trinajstić information content (AvgIpc) is 3.30. The maximum absolute atomic E-state index is 16.4. The number of hydrogen-bond donors (Lipinski definition) is 4. The number of nitriles is 1. The van der Waals surface area contributed by atoms with Gasteiger partial charge in [-0.3, -0.25) is 14.8 Å². The highest BCUT2D eigenvalue weighted by molar-refractivity contribution is 6.35. The number of fused-ring (bicyclic) bond motifs is 2. The number of pyridine rings is 2. The highest BCUT2D eigenvalue weighted by atomic mass is 35.5. The van der Waals surface area contributed by atoms with Crippen LogP contribution in [0, 0.1) is 22.7 Å². The van der Waals surface area contributed by atoms with E-state index in [9.17, 15) is 10.1 Å². The van der Waals surface area contributed by atoms with Gasteiger partial charge in [0, 0.05) is 42.4 Å². The Hall–Kier alpha value is -4.33. The van der Waals surface area contributed by atoms with Crippen LogP contribution in [0.25, 0.3) is 21.7 Å². The number of benzene rings is 2. The number of hydrogen-bond acceptors (Lipinski definition) is 8. The van der Waals surface area contributed by atoms with Gasteiger partial charge >= 0.3 is 0 Å². The molecule has 4 N–H and O–H groups in total. The molecular formula is C33H34ClFN8O. The van der Waals surface area contributed by atoms with Crippen LogP contribution in [0.5, 0.6) is 0 Å². The summed E-state index contributed by atoms with van der Waals surface area (Å²) >= 11 is 6.81. The van der Waals surface area contributed by atoms with Crippen LogP contribution in [0.1, 0.15) is 57.2 Å². The van der Waals surface area contributed by atoms with Crippen LogP contribution in [-0.4, -0.2) is 26.6 Å². The molecule has 1 aliphatic heterocycles. The Kier molecular flexibility index (Phi) is 6.54. The number of nitrogens with one attached hydrogen (secondary N) is 4. The molecule has 0 saturated heterocycles. The van der Waals surface area contributed by atoms with Gasteiger partial charge in [-0.25, -0.2) is 0 Å². The van der Waals surface area contributed by atoms with E-state index in [0.29, 0.717) is 61.8 Å². The number of hydrazine groups is 2. The third kappa shape index (κ3) is 4.54. The molecule has 44 heavy (non-hydrogen) atoms. The van der Waals surface area contributed by atoms with Crippen LogP contribution < -0.4 is 27.2 Å². The topological polar surface area (TPSA) is 110 Å². The number of nitrogens with zero attached hydrogens (tertiary/aromatic N) is 4. The summed E-state index contributed by atoms with van der Waals surface area (Å²) in [4.78, 5) is 17.5. The van der Waals surface area contributed by atoms with Gasteiger partial charge in [-0.15, -0.1) is 5.53 Å². The summed E-state index contributed by atoms with van der Waals surface area (Å²) in [6.07, 6.45) is 6.13. The highest BCUT2D eigenvalue weighted by Gasteiger charge is 2.62. The summed E-state index contributed by atoms with van der Waals surface area (Å²) in [6.45, 7) is 6.95. The van der Waals surface area contributed by atoms with Gasteiger partial charge in [-0.2, -0.15) is 9.65 Å². The number of halogens is 2. The van der Waals surface area contributed by atoms with Crippen LogP contribution in [0.4, 0.5) is 15.8 Å². The summed E-state index contributed by atoms with van der Waals surface area (Å²) in [5.41, 5.74) is 9.06. The summed E-state index contributed by atoms with van der Waals surface area (Å²) in [5.74, 6) is 0.291. The first kappa shape index (κ1) is 28.4. The van der Waals surface area contributed by atoms with Crippen LogP contribution in [0.3, 0.4) is 0 Å². The minimum absolute atomic E-state index is 0.0457. The first-order chi connectivity index (χ1) is 21.0. The SMILES string of the molecule is Cn1ccc2c([C@H](Nc3cc(Cl)c4ncc(C#N)c(NCC(C)(C)C)c4c3)C3=C(F)N(C45CC(C4)C5)NN3)cccc2c1=O. The lowest BCUT2D eigenvalue weighted by Gasteiger charge is -2.64. The molecule has 0 radical (unpaired) electrons. The van der Waals surface area contributed by atoms with Gasteiger partial charge in [0.25, 0.3) is 5.56 Å². The minimum Gasteiger partial charge on any atom is -0.383 e. The molecule has 9 nitrogen and oxygen atoms in total. The van der Waals surface area contributed by atoms with Crippen molar-refractivity contribution in [2.45, 2.75) is 51.6 Å². The Morgan fingerprint density at radius 1 is 1.20 bits per heavy atom. The normalized spacial score (nSPS) is 21.5. The lowest BCUT2D eigenvalue weighted by Crippen LogP contribution is -2.70. The second-order valence-electron chi connectivity index (χ2n) is 13.5. The van der Waals surface area contributed by atoms with Crippen LogP contribution in [-0.2, 0) is 7.05 Å². The van der Waals surface area contributed by atoms with Gasteiger partial charge < -0.3 is 20.6 Å². The second-order valence-corrected chi connectivity index (χ2v) is 13.9. The number of rotatable bonds is 7. The number of anilines is 2. The second kappa shape index (κ2) is 10.1. The summed E-state index contributed by atoms with van der Waals surface area (Å²) in [6, 6.07) is 12.6. The van der Waals surface area contributed by atoms with E-state index in [1.807, 2.05) is 24.3 Å². The molecule has 2 aromatic carbocycles. The molecule has 11 heteroatoms. The van der Waals surface area contributed by atoms with Crippen molar-refractivity contribution in [3.8, 4) is 6.07 Å². The first-order valence-corrected chi connectivity index (χ1v) is 15.2. The molecule has 226 valence electrons. The summed E-state index contributed by atoms with van der Waals surface area (Å²) in [7, 11) is 1.71. The van der Waals surface area contributed by atoms with Gasteiger partial charge in [0.15, 0.2) is 0 Å². The van der Waals surface area contributed by atoms with E-state index in [1.165, 1.54) is 10.8 Å². The van der Waals surface area contributed by atoms with Crippen molar-refractivity contribution in [3.63, 3.8) is 0 Å². The summed E-state index contributed by atoms with van der Waals surface area (Å²) < 4.78 is 17.9. The van der Waals surface area contributed by atoms with E-state index in [4.69, 9.17) is 11.6 Å². The Morgan fingerprint density at radius 2 is 1.98 bits per heavy atom. The fourth-order valence-corrected chi connectivity index (χ4v) is 6.93. The Bertz CT molecular complexity index is 1960. The van der Waals surface area contributed by atoms with Crippen LogP contribution in [0.15, 0.2) is 65.2 Å². The molecule has 8 rings (SSSR count). The molecule has 0 amide bonds. The molecule has 2 bridgehead atoms. The quantitative estimate of drug-likeness (QED) is 0.182. The molecule has 2 aromatic heterocycles. The average molecular weight is 613 g/mol. The molecule has 3 aliphatic carbocycles. The number of aryl methyl sites for hydroxylation is 1. The van der Waals surface area contributed by atoms with Crippen LogP contribution in [0.2, 0.25) is 5.02 Å². The molecule has 4 aliphatic rings. The largest absolute Gasteiger partial charge is 0.383 e. The van der Waals surface area contributed by atoms with Crippen molar-refractivity contribution < 1.29 is 4.39 Å². The van der Waals surface area contributed by atoms with Crippen molar-refractivity contribution >= 4 is 44.7 Å². The van der Waals surface area contributed by atoms with Gasteiger partial charge in [-0.05, 0) is 65.8 Å². The zero-order valence-electron chi connectivity index (χ0n) is 25.1. The van der Waals surface area contributed by atoms with E-state index >= 15 is 4.39 Å². The van der Waals surface area contributed by atoms with Gasteiger partial charge in [0.2, 0.25) is 5.95 Å². The fraction of sp³-hybridized carbons (Fsp3) is 0.364.